The number of nitrogens with zero attached hydrogens (tertiary/aromatic N) is 2. The third-order valence-corrected chi connectivity index (χ3v) is 1.90. The SMILES string of the molecule is CSc1cc(C(=O)O)n(C)n1. The van der Waals surface area contributed by atoms with Crippen LogP contribution in [-0.4, -0.2) is 27.1 Å². The maximum absolute atomic E-state index is 10.5. The quantitative estimate of drug-likeness (QED) is 0.671. The van der Waals surface area contributed by atoms with Gasteiger partial charge in [0.2, 0.25) is 0 Å². The lowest BCUT2D eigenvalue weighted by Gasteiger charge is -1.90. The van der Waals surface area contributed by atoms with Crippen molar-refractivity contribution in [3.8, 4) is 0 Å². The molecule has 0 spiro atoms. The van der Waals surface area contributed by atoms with Crippen molar-refractivity contribution < 1.29 is 9.90 Å². The minimum atomic E-state index is -0.944. The van der Waals surface area contributed by atoms with Crippen molar-refractivity contribution in [1.82, 2.24) is 9.78 Å². The largest absolute Gasteiger partial charge is 0.477 e. The van der Waals surface area contributed by atoms with Gasteiger partial charge in [-0.2, -0.15) is 5.10 Å². The van der Waals surface area contributed by atoms with Gasteiger partial charge in [-0.3, -0.25) is 4.68 Å². The van der Waals surface area contributed by atoms with Gasteiger partial charge in [0.05, 0.1) is 0 Å². The molecule has 0 unspecified atom stereocenters. The third-order valence-electron chi connectivity index (χ3n) is 1.29. The molecular weight excluding hydrogens is 164 g/mol. The van der Waals surface area contributed by atoms with E-state index in [4.69, 9.17) is 5.11 Å². The van der Waals surface area contributed by atoms with Crippen LogP contribution in [0.5, 0.6) is 0 Å². The number of aromatic nitrogens is 2. The average Bonchev–Trinajstić information content (AvgIpc) is 2.30. The number of aromatic carboxylic acids is 1. The Kier molecular flexibility index (Phi) is 2.19. The molecule has 0 fully saturated rings. The molecule has 0 aromatic carbocycles. The van der Waals surface area contributed by atoms with Gasteiger partial charge in [-0.15, -0.1) is 11.8 Å². The molecule has 0 amide bonds. The number of rotatable bonds is 2. The molecule has 0 saturated carbocycles. The van der Waals surface area contributed by atoms with Gasteiger partial charge in [0.15, 0.2) is 0 Å². The van der Waals surface area contributed by atoms with Crippen LogP contribution in [0.25, 0.3) is 0 Å². The molecule has 0 atom stereocenters. The van der Waals surface area contributed by atoms with Crippen molar-refractivity contribution >= 4 is 17.7 Å². The van der Waals surface area contributed by atoms with Gasteiger partial charge >= 0.3 is 5.97 Å². The first-order valence-corrected chi connectivity index (χ1v) is 4.19. The minimum Gasteiger partial charge on any atom is -0.477 e. The summed E-state index contributed by atoms with van der Waals surface area (Å²) >= 11 is 1.43. The Hall–Kier alpha value is -0.970. The third kappa shape index (κ3) is 1.54. The number of thioether (sulfide) groups is 1. The van der Waals surface area contributed by atoms with E-state index in [-0.39, 0.29) is 5.69 Å². The van der Waals surface area contributed by atoms with Crippen molar-refractivity contribution in [3.63, 3.8) is 0 Å². The van der Waals surface area contributed by atoms with Crippen LogP contribution in [0.15, 0.2) is 11.1 Å². The Bertz CT molecular complexity index is 282. The average molecular weight is 172 g/mol. The number of hydrogen-bond donors (Lipinski definition) is 1. The molecule has 1 rings (SSSR count). The summed E-state index contributed by atoms with van der Waals surface area (Å²) in [5.74, 6) is -0.944. The van der Waals surface area contributed by atoms with Crippen molar-refractivity contribution in [2.45, 2.75) is 5.03 Å². The van der Waals surface area contributed by atoms with Gasteiger partial charge in [0.1, 0.15) is 10.7 Å². The van der Waals surface area contributed by atoms with E-state index in [0.29, 0.717) is 0 Å². The molecule has 1 heterocycles. The second kappa shape index (κ2) is 2.96. The monoisotopic (exact) mass is 172 g/mol. The highest BCUT2D eigenvalue weighted by molar-refractivity contribution is 7.98. The Morgan fingerprint density at radius 2 is 2.45 bits per heavy atom. The fourth-order valence-corrected chi connectivity index (χ4v) is 1.17. The lowest BCUT2D eigenvalue weighted by molar-refractivity contribution is 0.0685. The number of aryl methyl sites for hydroxylation is 1. The van der Waals surface area contributed by atoms with E-state index in [2.05, 4.69) is 5.10 Å². The summed E-state index contributed by atoms with van der Waals surface area (Å²) in [4.78, 5) is 10.5. The molecule has 5 heteroatoms. The lowest BCUT2D eigenvalue weighted by Crippen LogP contribution is -2.04. The van der Waals surface area contributed by atoms with Gasteiger partial charge in [0.25, 0.3) is 0 Å². The van der Waals surface area contributed by atoms with Gasteiger partial charge in [0, 0.05) is 13.1 Å². The molecule has 4 nitrogen and oxygen atoms in total. The fraction of sp³-hybridized carbons (Fsp3) is 0.333. The van der Waals surface area contributed by atoms with E-state index >= 15 is 0 Å². The van der Waals surface area contributed by atoms with Crippen LogP contribution >= 0.6 is 11.8 Å². The summed E-state index contributed by atoms with van der Waals surface area (Å²) in [5, 5.41) is 13.3. The van der Waals surface area contributed by atoms with E-state index < -0.39 is 5.97 Å². The summed E-state index contributed by atoms with van der Waals surface area (Å²) in [6.45, 7) is 0. The minimum absolute atomic E-state index is 0.217. The zero-order valence-electron chi connectivity index (χ0n) is 6.24. The van der Waals surface area contributed by atoms with Crippen LogP contribution in [0.1, 0.15) is 10.5 Å². The normalized spacial score (nSPS) is 10.0. The van der Waals surface area contributed by atoms with Crippen LogP contribution in [-0.2, 0) is 7.05 Å². The van der Waals surface area contributed by atoms with Crippen LogP contribution < -0.4 is 0 Å². The van der Waals surface area contributed by atoms with Crippen LogP contribution in [0, 0.1) is 0 Å². The Balaban J connectivity index is 3.07. The second-order valence-corrected chi connectivity index (χ2v) is 2.83. The van der Waals surface area contributed by atoms with Crippen LogP contribution in [0.3, 0.4) is 0 Å². The predicted octanol–water partition coefficient (Wildman–Crippen LogP) is 0.840. The standard InChI is InChI=1S/C6H8N2O2S/c1-8-4(6(9)10)3-5(7-8)11-2/h3H,1-2H3,(H,9,10). The number of hydrogen-bond acceptors (Lipinski definition) is 3. The van der Waals surface area contributed by atoms with Crippen LogP contribution in [0.4, 0.5) is 0 Å². The smallest absolute Gasteiger partial charge is 0.354 e. The first kappa shape index (κ1) is 8.13. The maximum Gasteiger partial charge on any atom is 0.354 e. The van der Waals surface area contributed by atoms with Crippen LogP contribution in [0.2, 0.25) is 0 Å². The van der Waals surface area contributed by atoms with Crippen molar-refractivity contribution in [2.24, 2.45) is 7.05 Å². The summed E-state index contributed by atoms with van der Waals surface area (Å²) in [7, 11) is 1.61. The first-order chi connectivity index (χ1) is 5.15. The molecule has 1 N–H and O–H groups in total. The highest BCUT2D eigenvalue weighted by Crippen LogP contribution is 2.13. The topological polar surface area (TPSA) is 55.1 Å². The molecule has 0 aliphatic carbocycles. The fourth-order valence-electron chi connectivity index (χ4n) is 0.741. The highest BCUT2D eigenvalue weighted by Gasteiger charge is 2.09. The zero-order chi connectivity index (χ0) is 8.43. The number of carboxylic acids is 1. The predicted molar refractivity (Wildman–Crippen MR) is 41.9 cm³/mol. The van der Waals surface area contributed by atoms with Gasteiger partial charge in [-0.05, 0) is 6.26 Å². The van der Waals surface area contributed by atoms with E-state index in [9.17, 15) is 4.79 Å². The van der Waals surface area contributed by atoms with Crippen molar-refractivity contribution in [2.75, 3.05) is 6.26 Å². The summed E-state index contributed by atoms with van der Waals surface area (Å²) in [6.07, 6.45) is 1.86. The van der Waals surface area contributed by atoms with Gasteiger partial charge in [-0.25, -0.2) is 4.79 Å². The second-order valence-electron chi connectivity index (χ2n) is 2.00. The molecule has 11 heavy (non-hydrogen) atoms. The highest BCUT2D eigenvalue weighted by atomic mass is 32.2. The molecule has 1 aromatic heterocycles. The summed E-state index contributed by atoms with van der Waals surface area (Å²) < 4.78 is 1.36. The molecular formula is C6H8N2O2S. The number of carbonyl (C=O) groups is 1. The number of carboxylic acid groups (broad SMARTS) is 1. The van der Waals surface area contributed by atoms with E-state index in [1.807, 2.05) is 6.26 Å². The Morgan fingerprint density at radius 1 is 1.82 bits per heavy atom. The lowest BCUT2D eigenvalue weighted by atomic mass is 10.4. The molecule has 0 aliphatic rings. The zero-order valence-corrected chi connectivity index (χ0v) is 7.05. The molecule has 0 aliphatic heterocycles. The molecule has 0 saturated heterocycles. The van der Waals surface area contributed by atoms with E-state index in [0.717, 1.165) is 5.03 Å². The van der Waals surface area contributed by atoms with E-state index in [1.54, 1.807) is 13.1 Å². The Morgan fingerprint density at radius 3 is 2.73 bits per heavy atom. The molecule has 0 bridgehead atoms. The van der Waals surface area contributed by atoms with Crippen molar-refractivity contribution in [3.05, 3.63) is 11.8 Å². The van der Waals surface area contributed by atoms with E-state index in [1.165, 1.54) is 16.4 Å². The molecule has 0 radical (unpaired) electrons. The summed E-state index contributed by atoms with van der Waals surface area (Å²) in [5.41, 5.74) is 0.217. The maximum atomic E-state index is 10.5. The van der Waals surface area contributed by atoms with Crippen molar-refractivity contribution in [1.29, 1.82) is 0 Å². The molecule has 1 aromatic rings. The molecule has 60 valence electrons. The van der Waals surface area contributed by atoms with Gasteiger partial charge in [-0.1, -0.05) is 0 Å². The Labute approximate surface area is 68.2 Å². The summed E-state index contributed by atoms with van der Waals surface area (Å²) in [6, 6.07) is 1.55. The first-order valence-electron chi connectivity index (χ1n) is 2.96. The van der Waals surface area contributed by atoms with Gasteiger partial charge < -0.3 is 5.11 Å².